The molecular weight excluding hydrogens is 446 g/mol. The van der Waals surface area contributed by atoms with Gasteiger partial charge in [0.25, 0.3) is 0 Å². The normalized spacial score (nSPS) is 29.5. The van der Waals surface area contributed by atoms with Crippen molar-refractivity contribution in [3.05, 3.63) is 64.1 Å². The van der Waals surface area contributed by atoms with Crippen LogP contribution in [0.1, 0.15) is 48.0 Å². The van der Waals surface area contributed by atoms with Crippen LogP contribution in [0, 0.1) is 10.8 Å². The van der Waals surface area contributed by atoms with Crippen molar-refractivity contribution in [3.63, 3.8) is 0 Å². The van der Waals surface area contributed by atoms with Crippen LogP contribution in [0.3, 0.4) is 0 Å². The number of benzene rings is 2. The maximum Gasteiger partial charge on any atom is 0.328 e. The van der Waals surface area contributed by atoms with Gasteiger partial charge in [-0.15, -0.1) is 0 Å². The molecule has 5 rings (SSSR count). The van der Waals surface area contributed by atoms with Gasteiger partial charge in [-0.2, -0.15) is 0 Å². The van der Waals surface area contributed by atoms with Gasteiger partial charge in [-0.1, -0.05) is 46.3 Å². The predicted molar refractivity (Wildman–Crippen MR) is 114 cm³/mol. The van der Waals surface area contributed by atoms with Crippen molar-refractivity contribution in [2.75, 3.05) is 13.1 Å². The number of ether oxygens (including phenoxy) is 1. The van der Waals surface area contributed by atoms with Gasteiger partial charge in [-0.05, 0) is 44.4 Å². The topological polar surface area (TPSA) is 63.7 Å². The van der Waals surface area contributed by atoms with Crippen LogP contribution in [-0.4, -0.2) is 35.6 Å². The smallest absolute Gasteiger partial charge is 0.328 e. The number of esters is 1. The summed E-state index contributed by atoms with van der Waals surface area (Å²) in [6, 6.07) is 14.3. The third kappa shape index (κ3) is 2.43. The first-order chi connectivity index (χ1) is 14.4. The third-order valence-corrected chi connectivity index (χ3v) is 7.54. The number of ketones is 1. The Hall–Kier alpha value is -2.47. The van der Waals surface area contributed by atoms with Crippen LogP contribution < -0.4 is 4.74 Å². The summed E-state index contributed by atoms with van der Waals surface area (Å²) in [5.74, 6) is -1.18. The molecule has 1 saturated carbocycles. The van der Waals surface area contributed by atoms with Crippen LogP contribution in [0.4, 0.5) is 0 Å². The fourth-order valence-corrected chi connectivity index (χ4v) is 5.87. The number of carbonyl (C=O) groups excluding carboxylic acids is 3. The molecule has 2 aliphatic heterocycles. The molecule has 1 aliphatic carbocycles. The Labute approximate surface area is 183 Å². The van der Waals surface area contributed by atoms with Crippen molar-refractivity contribution in [2.45, 2.75) is 32.1 Å². The second kappa shape index (κ2) is 6.77. The lowest BCUT2D eigenvalue weighted by molar-refractivity contribution is -0.154. The molecule has 0 radical (unpaired) electrons. The molecular formula is C24H22BrNO4. The van der Waals surface area contributed by atoms with E-state index in [0.29, 0.717) is 24.4 Å². The maximum absolute atomic E-state index is 13.8. The third-order valence-electron chi connectivity index (χ3n) is 7.04. The van der Waals surface area contributed by atoms with Gasteiger partial charge >= 0.3 is 5.97 Å². The zero-order chi connectivity index (χ0) is 21.1. The quantitative estimate of drug-likeness (QED) is 0.291. The van der Waals surface area contributed by atoms with Gasteiger partial charge in [0.05, 0.1) is 5.41 Å². The number of fused-ring (bicyclic) bond motifs is 3. The molecule has 30 heavy (non-hydrogen) atoms. The monoisotopic (exact) mass is 467 g/mol. The Morgan fingerprint density at radius 1 is 1.07 bits per heavy atom. The van der Waals surface area contributed by atoms with Crippen LogP contribution in [0.2, 0.25) is 0 Å². The molecule has 0 spiro atoms. The number of hydrogen-bond acceptors (Lipinski definition) is 4. The minimum atomic E-state index is -1.51. The first kappa shape index (κ1) is 19.5. The largest absolute Gasteiger partial charge is 0.425 e. The van der Waals surface area contributed by atoms with E-state index in [1.165, 1.54) is 0 Å². The predicted octanol–water partition coefficient (Wildman–Crippen LogP) is 4.35. The standard InChI is InChI=1S/C24H22BrNO4/c1-23(20(27)15-8-4-2-5-9-15)19-17-14-16(25)10-11-18(17)30-22(29)24(19,23)21(28)26-12-6-3-7-13-26/h2,4-5,8-11,14,19H,3,6-7,12-13H2,1H3/t19-,23+,24+/m1/s1. The summed E-state index contributed by atoms with van der Waals surface area (Å²) >= 11 is 3.48. The Kier molecular flexibility index (Phi) is 4.40. The Morgan fingerprint density at radius 2 is 1.77 bits per heavy atom. The summed E-state index contributed by atoms with van der Waals surface area (Å²) in [6.07, 6.45) is 2.89. The van der Waals surface area contributed by atoms with Gasteiger partial charge in [-0.3, -0.25) is 14.4 Å². The molecule has 2 aromatic carbocycles. The van der Waals surface area contributed by atoms with E-state index in [4.69, 9.17) is 4.74 Å². The maximum atomic E-state index is 13.8. The number of Topliss-reactive ketones (excluding diaryl/α,β-unsaturated/α-hetero) is 1. The zero-order valence-corrected chi connectivity index (χ0v) is 18.3. The van der Waals surface area contributed by atoms with Crippen molar-refractivity contribution in [2.24, 2.45) is 10.8 Å². The molecule has 6 heteroatoms. The highest BCUT2D eigenvalue weighted by molar-refractivity contribution is 9.10. The number of piperidine rings is 1. The molecule has 154 valence electrons. The Bertz CT molecular complexity index is 1060. The van der Waals surface area contributed by atoms with E-state index < -0.39 is 22.7 Å². The van der Waals surface area contributed by atoms with Gasteiger partial charge in [0.1, 0.15) is 5.75 Å². The van der Waals surface area contributed by atoms with Crippen molar-refractivity contribution in [1.29, 1.82) is 0 Å². The van der Waals surface area contributed by atoms with Gasteiger partial charge < -0.3 is 9.64 Å². The van der Waals surface area contributed by atoms with Gasteiger partial charge in [0.15, 0.2) is 11.2 Å². The van der Waals surface area contributed by atoms with Crippen LogP contribution in [0.25, 0.3) is 0 Å². The molecule has 5 nitrogen and oxygen atoms in total. The molecule has 3 aliphatic rings. The molecule has 3 atom stereocenters. The minimum Gasteiger partial charge on any atom is -0.425 e. The van der Waals surface area contributed by atoms with E-state index in [-0.39, 0.29) is 11.7 Å². The van der Waals surface area contributed by atoms with E-state index in [1.807, 2.05) is 12.1 Å². The highest BCUT2D eigenvalue weighted by Gasteiger charge is 2.88. The number of likely N-dealkylation sites (tertiary alicyclic amines) is 1. The van der Waals surface area contributed by atoms with Crippen LogP contribution in [0.5, 0.6) is 5.75 Å². The lowest BCUT2D eigenvalue weighted by Crippen LogP contribution is -2.49. The van der Waals surface area contributed by atoms with E-state index in [9.17, 15) is 14.4 Å². The summed E-state index contributed by atoms with van der Waals surface area (Å²) in [5.41, 5.74) is -1.46. The van der Waals surface area contributed by atoms with Crippen molar-refractivity contribution in [1.82, 2.24) is 4.90 Å². The molecule has 2 heterocycles. The zero-order valence-electron chi connectivity index (χ0n) is 16.7. The minimum absolute atomic E-state index is 0.191. The summed E-state index contributed by atoms with van der Waals surface area (Å²) in [6.45, 7) is 2.98. The highest BCUT2D eigenvalue weighted by Crippen LogP contribution is 2.78. The first-order valence-electron chi connectivity index (χ1n) is 10.3. The molecule has 0 N–H and O–H groups in total. The number of nitrogens with zero attached hydrogens (tertiary/aromatic N) is 1. The molecule has 1 saturated heterocycles. The number of hydrogen-bond donors (Lipinski definition) is 0. The van der Waals surface area contributed by atoms with Crippen molar-refractivity contribution < 1.29 is 19.1 Å². The summed E-state index contributed by atoms with van der Waals surface area (Å²) < 4.78 is 6.50. The van der Waals surface area contributed by atoms with Crippen molar-refractivity contribution >= 4 is 33.6 Å². The highest BCUT2D eigenvalue weighted by atomic mass is 79.9. The summed E-state index contributed by atoms with van der Waals surface area (Å²) in [7, 11) is 0. The molecule has 0 unspecified atom stereocenters. The summed E-state index contributed by atoms with van der Waals surface area (Å²) in [5, 5.41) is 0. The van der Waals surface area contributed by atoms with Gasteiger partial charge in [0.2, 0.25) is 5.91 Å². The average molecular weight is 468 g/mol. The van der Waals surface area contributed by atoms with E-state index in [2.05, 4.69) is 15.9 Å². The Morgan fingerprint density at radius 3 is 2.47 bits per heavy atom. The second-order valence-electron chi connectivity index (χ2n) is 8.56. The van der Waals surface area contributed by atoms with E-state index in [0.717, 1.165) is 29.3 Å². The fourth-order valence-electron chi connectivity index (χ4n) is 5.49. The molecule has 2 fully saturated rings. The molecule has 2 aromatic rings. The lowest BCUT2D eigenvalue weighted by atomic mass is 9.85. The number of rotatable bonds is 3. The summed E-state index contributed by atoms with van der Waals surface area (Å²) in [4.78, 5) is 42.7. The van der Waals surface area contributed by atoms with Crippen LogP contribution >= 0.6 is 15.9 Å². The van der Waals surface area contributed by atoms with Crippen LogP contribution in [-0.2, 0) is 9.59 Å². The Balaban J connectivity index is 1.68. The fraction of sp³-hybridized carbons (Fsp3) is 0.375. The first-order valence-corrected chi connectivity index (χ1v) is 11.1. The molecule has 0 aromatic heterocycles. The molecule has 1 amide bonds. The van der Waals surface area contributed by atoms with Crippen LogP contribution in [0.15, 0.2) is 53.0 Å². The second-order valence-corrected chi connectivity index (χ2v) is 9.48. The number of carbonyl (C=O) groups is 3. The van der Waals surface area contributed by atoms with E-state index in [1.54, 1.807) is 48.2 Å². The average Bonchev–Trinajstić information content (AvgIpc) is 3.37. The van der Waals surface area contributed by atoms with Crippen molar-refractivity contribution in [3.8, 4) is 5.75 Å². The number of amides is 1. The van der Waals surface area contributed by atoms with Gasteiger partial charge in [-0.25, -0.2) is 0 Å². The molecule has 0 bridgehead atoms. The van der Waals surface area contributed by atoms with E-state index >= 15 is 0 Å². The lowest BCUT2D eigenvalue weighted by Gasteiger charge is -2.32. The van der Waals surface area contributed by atoms with Gasteiger partial charge in [0, 0.05) is 34.6 Å². The number of halogens is 1. The SMILES string of the molecule is C[C@@]1(C(=O)c2ccccc2)[C@H]2c3cc(Br)ccc3OC(=O)[C@@]21C(=O)N1CCCCC1.